The molecular formula is C29H36S. The molecule has 0 radical (unpaired) electrons. The lowest BCUT2D eigenvalue weighted by atomic mass is 9.90. The van der Waals surface area contributed by atoms with Crippen molar-refractivity contribution in [3.63, 3.8) is 0 Å². The van der Waals surface area contributed by atoms with Gasteiger partial charge in [-0.15, -0.1) is 12.3 Å². The summed E-state index contributed by atoms with van der Waals surface area (Å²) in [5.41, 5.74) is 6.08. The first-order valence-electron chi connectivity index (χ1n) is 10.2. The summed E-state index contributed by atoms with van der Waals surface area (Å²) in [6.07, 6.45) is 31.9. The van der Waals surface area contributed by atoms with Crippen LogP contribution in [0.15, 0.2) is 108 Å². The van der Waals surface area contributed by atoms with Crippen molar-refractivity contribution in [2.75, 3.05) is 24.5 Å². The van der Waals surface area contributed by atoms with Gasteiger partial charge in [0.15, 0.2) is 0 Å². The van der Waals surface area contributed by atoms with Crippen LogP contribution < -0.4 is 0 Å². The van der Waals surface area contributed by atoms with Gasteiger partial charge in [-0.25, -0.2) is 10.0 Å². The van der Waals surface area contributed by atoms with E-state index in [4.69, 9.17) is 6.42 Å². The van der Waals surface area contributed by atoms with Crippen molar-refractivity contribution in [3.05, 3.63) is 114 Å². The van der Waals surface area contributed by atoms with Crippen LogP contribution in [0.5, 0.6) is 0 Å². The highest BCUT2D eigenvalue weighted by Crippen LogP contribution is 2.37. The molecule has 0 aromatic heterocycles. The van der Waals surface area contributed by atoms with Crippen LogP contribution in [-0.4, -0.2) is 24.5 Å². The Hall–Kier alpha value is -2.69. The van der Waals surface area contributed by atoms with E-state index < -0.39 is 10.0 Å². The Kier molecular flexibility index (Phi) is 11.4. The topological polar surface area (TPSA) is 0 Å². The van der Waals surface area contributed by atoms with E-state index in [9.17, 15) is 0 Å². The molecule has 0 saturated carbocycles. The Morgan fingerprint density at radius 3 is 2.30 bits per heavy atom. The fourth-order valence-electron chi connectivity index (χ4n) is 2.76. The second-order valence-corrected chi connectivity index (χ2v) is 12.6. The molecule has 0 unspecified atom stereocenters. The number of hydrogen-bond donors (Lipinski definition) is 0. The van der Waals surface area contributed by atoms with E-state index in [-0.39, 0.29) is 0 Å². The standard InChI is InChI=1S/C29H36S/c1-8-10-11-12-13-17-21-28(26-19-15-14-16-20-26)29(22-23-30(5,6)7)27(18-9-2)24-25(3)4/h1,9,11-22,24H,2,10,23H2,3-7H3/b12-11-,17-13+,27-18+,28-21-,29-22-. The van der Waals surface area contributed by atoms with E-state index in [1.165, 1.54) is 27.9 Å². The van der Waals surface area contributed by atoms with Crippen molar-refractivity contribution in [3.8, 4) is 12.3 Å². The van der Waals surface area contributed by atoms with E-state index in [0.29, 0.717) is 6.42 Å². The average molecular weight is 417 g/mol. The zero-order chi connectivity index (χ0) is 22.4. The summed E-state index contributed by atoms with van der Waals surface area (Å²) < 4.78 is 0. The van der Waals surface area contributed by atoms with E-state index in [0.717, 1.165) is 5.75 Å². The average Bonchev–Trinajstić information content (AvgIpc) is 2.68. The summed E-state index contributed by atoms with van der Waals surface area (Å²) in [5, 5.41) is 0. The number of terminal acetylenes is 1. The molecule has 0 aliphatic heterocycles. The first kappa shape index (κ1) is 25.3. The molecule has 0 amide bonds. The minimum atomic E-state index is -0.673. The summed E-state index contributed by atoms with van der Waals surface area (Å²) in [5.74, 6) is 3.68. The third-order valence-corrected chi connectivity index (χ3v) is 5.24. The summed E-state index contributed by atoms with van der Waals surface area (Å²) in [7, 11) is -0.673. The van der Waals surface area contributed by atoms with Crippen molar-refractivity contribution in [1.82, 2.24) is 0 Å². The fourth-order valence-corrected chi connectivity index (χ4v) is 3.43. The molecule has 0 atom stereocenters. The largest absolute Gasteiger partial charge is 0.246 e. The molecule has 0 spiro atoms. The molecule has 1 rings (SSSR count). The van der Waals surface area contributed by atoms with Crippen LogP contribution in [0.4, 0.5) is 0 Å². The van der Waals surface area contributed by atoms with Crippen molar-refractivity contribution < 1.29 is 0 Å². The number of rotatable bonds is 10. The normalized spacial score (nSPS) is 14.1. The van der Waals surface area contributed by atoms with Crippen LogP contribution in [0.1, 0.15) is 25.8 Å². The first-order valence-corrected chi connectivity index (χ1v) is 13.2. The van der Waals surface area contributed by atoms with Crippen LogP contribution in [0.25, 0.3) is 5.57 Å². The number of hydrogen-bond acceptors (Lipinski definition) is 0. The Morgan fingerprint density at radius 2 is 1.73 bits per heavy atom. The molecule has 0 aliphatic carbocycles. The predicted molar refractivity (Wildman–Crippen MR) is 142 cm³/mol. The van der Waals surface area contributed by atoms with E-state index in [1.807, 2.05) is 24.3 Å². The van der Waals surface area contributed by atoms with Gasteiger partial charge in [-0.3, -0.25) is 0 Å². The number of allylic oxidation sites excluding steroid dienone is 12. The lowest BCUT2D eigenvalue weighted by Gasteiger charge is -2.24. The maximum atomic E-state index is 5.31. The van der Waals surface area contributed by atoms with Gasteiger partial charge in [0, 0.05) is 6.42 Å². The minimum absolute atomic E-state index is 0.645. The molecule has 1 heteroatoms. The molecule has 0 fully saturated rings. The summed E-state index contributed by atoms with van der Waals surface area (Å²) in [6, 6.07) is 10.6. The molecule has 0 aliphatic rings. The fraction of sp³-hybridized carbons (Fsp3) is 0.241. The smallest absolute Gasteiger partial charge is 0.0270 e. The number of benzene rings is 1. The van der Waals surface area contributed by atoms with Crippen molar-refractivity contribution in [2.45, 2.75) is 20.3 Å². The molecule has 1 aromatic carbocycles. The molecule has 158 valence electrons. The third kappa shape index (κ3) is 10.2. The summed E-state index contributed by atoms with van der Waals surface area (Å²) in [6.45, 7) is 8.21. The zero-order valence-electron chi connectivity index (χ0n) is 19.2. The van der Waals surface area contributed by atoms with Gasteiger partial charge in [0.05, 0.1) is 0 Å². The molecule has 30 heavy (non-hydrogen) atoms. The third-order valence-electron chi connectivity index (χ3n) is 4.07. The molecule has 0 heterocycles. The Bertz CT molecular complexity index is 897. The quantitative estimate of drug-likeness (QED) is 0.268. The molecule has 0 bridgehead atoms. The van der Waals surface area contributed by atoms with E-state index in [2.05, 4.69) is 106 Å². The SMILES string of the molecule is C#CC\C=C/C=C/C=C(C(=C/CS(C)(C)C)\C(C=C(C)C)=C\C=C)/c1ccccc1. The predicted octanol–water partition coefficient (Wildman–Crippen LogP) is 7.90. The lowest BCUT2D eigenvalue weighted by Crippen LogP contribution is -2.00. The highest BCUT2D eigenvalue weighted by Gasteiger charge is 2.12. The van der Waals surface area contributed by atoms with Crippen LogP contribution >= 0.6 is 10.0 Å². The minimum Gasteiger partial charge on any atom is -0.246 e. The van der Waals surface area contributed by atoms with Gasteiger partial charge in [-0.05, 0) is 60.7 Å². The maximum absolute atomic E-state index is 5.31. The van der Waals surface area contributed by atoms with E-state index >= 15 is 0 Å². The van der Waals surface area contributed by atoms with Crippen LogP contribution in [-0.2, 0) is 0 Å². The van der Waals surface area contributed by atoms with Gasteiger partial charge in [-0.2, -0.15) is 0 Å². The first-order chi connectivity index (χ1) is 14.3. The van der Waals surface area contributed by atoms with Crippen molar-refractivity contribution in [1.29, 1.82) is 0 Å². The second kappa shape index (κ2) is 13.5. The second-order valence-electron chi connectivity index (χ2n) is 8.12. The van der Waals surface area contributed by atoms with Gasteiger partial charge >= 0.3 is 0 Å². The summed E-state index contributed by atoms with van der Waals surface area (Å²) in [4.78, 5) is 0. The van der Waals surface area contributed by atoms with Gasteiger partial charge < -0.3 is 0 Å². The van der Waals surface area contributed by atoms with Gasteiger partial charge in [0.2, 0.25) is 0 Å². The summed E-state index contributed by atoms with van der Waals surface area (Å²) >= 11 is 0. The molecule has 0 saturated heterocycles. The van der Waals surface area contributed by atoms with Gasteiger partial charge in [-0.1, -0.05) is 97.2 Å². The molecule has 0 N–H and O–H groups in total. The lowest BCUT2D eigenvalue weighted by molar-refractivity contribution is 1.36. The maximum Gasteiger partial charge on any atom is 0.0270 e. The van der Waals surface area contributed by atoms with Crippen molar-refractivity contribution in [2.24, 2.45) is 0 Å². The van der Waals surface area contributed by atoms with E-state index in [1.54, 1.807) is 0 Å². The van der Waals surface area contributed by atoms with Crippen LogP contribution in [0.2, 0.25) is 0 Å². The zero-order valence-corrected chi connectivity index (χ0v) is 20.0. The highest BCUT2D eigenvalue weighted by atomic mass is 32.3. The Morgan fingerprint density at radius 1 is 1.03 bits per heavy atom. The Labute approximate surface area is 186 Å². The molecule has 1 aromatic rings. The van der Waals surface area contributed by atoms with Crippen LogP contribution in [0, 0.1) is 12.3 Å². The highest BCUT2D eigenvalue weighted by molar-refractivity contribution is 8.32. The van der Waals surface area contributed by atoms with Gasteiger partial charge in [0.1, 0.15) is 0 Å². The Balaban J connectivity index is 3.62. The monoisotopic (exact) mass is 416 g/mol. The molecule has 0 nitrogen and oxygen atoms in total. The van der Waals surface area contributed by atoms with Crippen LogP contribution in [0.3, 0.4) is 0 Å². The van der Waals surface area contributed by atoms with Crippen molar-refractivity contribution >= 4 is 15.6 Å². The van der Waals surface area contributed by atoms with Gasteiger partial charge in [0.25, 0.3) is 0 Å². The molecular weight excluding hydrogens is 380 g/mol.